The third-order valence-corrected chi connectivity index (χ3v) is 3.73. The maximum Gasteiger partial charge on any atom is 0.191 e. The number of aldehydes is 1. The molecule has 0 fully saturated rings. The minimum Gasteiger partial charge on any atom is -0.298 e. The lowest BCUT2D eigenvalue weighted by Crippen LogP contribution is -1.76. The van der Waals surface area contributed by atoms with Gasteiger partial charge in [-0.05, 0) is 22.0 Å². The molecule has 66 valence electrons. The third kappa shape index (κ3) is 1.40. The van der Waals surface area contributed by atoms with Crippen LogP contribution in [0.3, 0.4) is 0 Å². The van der Waals surface area contributed by atoms with Crippen LogP contribution in [0.15, 0.2) is 22.7 Å². The second-order valence-corrected chi connectivity index (χ2v) is 4.36. The second kappa shape index (κ2) is 3.20. The van der Waals surface area contributed by atoms with Crippen molar-refractivity contribution >= 4 is 43.6 Å². The molecular formula is C9H4BrFOS. The third-order valence-electron chi connectivity index (χ3n) is 1.75. The molecule has 0 saturated heterocycles. The Hall–Kier alpha value is -0.740. The fourth-order valence-corrected chi connectivity index (χ4v) is 2.71. The van der Waals surface area contributed by atoms with Gasteiger partial charge in [0.2, 0.25) is 0 Å². The van der Waals surface area contributed by atoms with Gasteiger partial charge in [0.15, 0.2) is 5.13 Å². The topological polar surface area (TPSA) is 17.1 Å². The van der Waals surface area contributed by atoms with E-state index in [2.05, 4.69) is 15.9 Å². The summed E-state index contributed by atoms with van der Waals surface area (Å²) in [5.74, 6) is 0. The van der Waals surface area contributed by atoms with Gasteiger partial charge in [-0.1, -0.05) is 12.1 Å². The molecule has 2 aromatic rings. The summed E-state index contributed by atoms with van der Waals surface area (Å²) in [6.45, 7) is 0. The van der Waals surface area contributed by atoms with Crippen molar-refractivity contribution in [2.24, 2.45) is 0 Å². The van der Waals surface area contributed by atoms with Gasteiger partial charge in [0, 0.05) is 15.6 Å². The van der Waals surface area contributed by atoms with Crippen molar-refractivity contribution in [1.82, 2.24) is 0 Å². The lowest BCUT2D eigenvalue weighted by atomic mass is 10.2. The number of hydrogen-bond acceptors (Lipinski definition) is 2. The number of halogens is 2. The molecule has 1 nitrogen and oxygen atoms in total. The normalized spacial score (nSPS) is 10.6. The summed E-state index contributed by atoms with van der Waals surface area (Å²) in [6, 6.07) is 5.09. The first-order valence-electron chi connectivity index (χ1n) is 3.55. The van der Waals surface area contributed by atoms with Crippen LogP contribution in [0, 0.1) is 5.13 Å². The van der Waals surface area contributed by atoms with Gasteiger partial charge in [0.1, 0.15) is 6.29 Å². The Morgan fingerprint density at radius 2 is 2.23 bits per heavy atom. The molecule has 0 spiro atoms. The fourth-order valence-electron chi connectivity index (χ4n) is 1.13. The van der Waals surface area contributed by atoms with E-state index >= 15 is 0 Å². The molecule has 0 aliphatic heterocycles. The van der Waals surface area contributed by atoms with Crippen LogP contribution in [0.4, 0.5) is 4.39 Å². The van der Waals surface area contributed by atoms with Gasteiger partial charge in [0.05, 0.1) is 4.47 Å². The number of carbonyl (C=O) groups excluding carboxylic acids is 1. The Labute approximate surface area is 86.3 Å². The highest BCUT2D eigenvalue weighted by atomic mass is 79.9. The van der Waals surface area contributed by atoms with Crippen molar-refractivity contribution < 1.29 is 9.18 Å². The maximum absolute atomic E-state index is 13.1. The highest BCUT2D eigenvalue weighted by Gasteiger charge is 2.08. The van der Waals surface area contributed by atoms with E-state index in [1.165, 1.54) is 0 Å². The van der Waals surface area contributed by atoms with Crippen molar-refractivity contribution in [2.45, 2.75) is 0 Å². The summed E-state index contributed by atoms with van der Waals surface area (Å²) in [7, 11) is 0. The number of fused-ring (bicyclic) bond motifs is 1. The van der Waals surface area contributed by atoms with Crippen molar-refractivity contribution in [3.8, 4) is 0 Å². The second-order valence-electron chi connectivity index (χ2n) is 2.56. The van der Waals surface area contributed by atoms with Gasteiger partial charge in [-0.25, -0.2) is 0 Å². The van der Waals surface area contributed by atoms with Crippen LogP contribution in [0.5, 0.6) is 0 Å². The zero-order valence-corrected chi connectivity index (χ0v) is 8.78. The van der Waals surface area contributed by atoms with Gasteiger partial charge < -0.3 is 0 Å². The van der Waals surface area contributed by atoms with Gasteiger partial charge in [-0.2, -0.15) is 4.39 Å². The monoisotopic (exact) mass is 258 g/mol. The number of benzene rings is 1. The van der Waals surface area contributed by atoms with Crippen LogP contribution >= 0.6 is 27.3 Å². The van der Waals surface area contributed by atoms with Crippen LogP contribution < -0.4 is 0 Å². The Bertz CT molecular complexity index is 478. The molecule has 1 heterocycles. The molecule has 0 amide bonds. The van der Waals surface area contributed by atoms with E-state index in [4.69, 9.17) is 0 Å². The molecule has 13 heavy (non-hydrogen) atoms. The van der Waals surface area contributed by atoms with Gasteiger partial charge >= 0.3 is 0 Å². The largest absolute Gasteiger partial charge is 0.298 e. The Balaban J connectivity index is 2.79. The van der Waals surface area contributed by atoms with Crippen molar-refractivity contribution in [3.63, 3.8) is 0 Å². The molecule has 0 aliphatic rings. The predicted molar refractivity (Wildman–Crippen MR) is 54.9 cm³/mol. The number of thiophene rings is 1. The van der Waals surface area contributed by atoms with E-state index in [9.17, 15) is 9.18 Å². The first kappa shape index (κ1) is 8.84. The SMILES string of the molecule is O=Cc1ccc2c(Br)c(F)sc2c1. The van der Waals surface area contributed by atoms with Crippen LogP contribution in [0.25, 0.3) is 10.1 Å². The average molecular weight is 259 g/mol. The summed E-state index contributed by atoms with van der Waals surface area (Å²) in [4.78, 5) is 10.4. The number of hydrogen-bond donors (Lipinski definition) is 0. The van der Waals surface area contributed by atoms with Crippen molar-refractivity contribution in [1.29, 1.82) is 0 Å². The van der Waals surface area contributed by atoms with Crippen LogP contribution in [-0.4, -0.2) is 6.29 Å². The molecule has 0 unspecified atom stereocenters. The molecule has 0 saturated carbocycles. The molecule has 0 bridgehead atoms. The minimum absolute atomic E-state index is 0.252. The Kier molecular flexibility index (Phi) is 2.17. The molecule has 1 aromatic heterocycles. The van der Waals surface area contributed by atoms with E-state index in [0.29, 0.717) is 10.0 Å². The van der Waals surface area contributed by atoms with Crippen LogP contribution in [0.1, 0.15) is 10.4 Å². The number of carbonyl (C=O) groups is 1. The van der Waals surface area contributed by atoms with Crippen LogP contribution in [0.2, 0.25) is 0 Å². The van der Waals surface area contributed by atoms with E-state index in [-0.39, 0.29) is 5.13 Å². The average Bonchev–Trinajstić information content (AvgIpc) is 2.42. The summed E-state index contributed by atoms with van der Waals surface area (Å²) in [5.41, 5.74) is 0.571. The van der Waals surface area contributed by atoms with Gasteiger partial charge in [0.25, 0.3) is 0 Å². The standard InChI is InChI=1S/C9H4BrFOS/c10-8-6-2-1-5(4-12)3-7(6)13-9(8)11/h1-4H. The summed E-state index contributed by atoms with van der Waals surface area (Å²) in [5, 5.41) is 0.561. The Morgan fingerprint density at radius 3 is 2.92 bits per heavy atom. The van der Waals surface area contributed by atoms with Crippen molar-refractivity contribution in [3.05, 3.63) is 33.4 Å². The van der Waals surface area contributed by atoms with Crippen molar-refractivity contribution in [2.75, 3.05) is 0 Å². The van der Waals surface area contributed by atoms with E-state index < -0.39 is 0 Å². The van der Waals surface area contributed by atoms with E-state index in [1.54, 1.807) is 18.2 Å². The lowest BCUT2D eigenvalue weighted by Gasteiger charge is -1.90. The zero-order chi connectivity index (χ0) is 9.42. The van der Waals surface area contributed by atoms with Gasteiger partial charge in [-0.15, -0.1) is 11.3 Å². The molecular weight excluding hydrogens is 255 g/mol. The first-order valence-corrected chi connectivity index (χ1v) is 5.16. The molecule has 0 aliphatic carbocycles. The molecule has 2 rings (SSSR count). The smallest absolute Gasteiger partial charge is 0.191 e. The molecule has 4 heteroatoms. The lowest BCUT2D eigenvalue weighted by molar-refractivity contribution is 0.112. The summed E-state index contributed by atoms with van der Waals surface area (Å²) < 4.78 is 14.3. The number of rotatable bonds is 1. The van der Waals surface area contributed by atoms with Crippen LogP contribution in [-0.2, 0) is 0 Å². The zero-order valence-electron chi connectivity index (χ0n) is 6.38. The predicted octanol–water partition coefficient (Wildman–Crippen LogP) is 3.62. The molecule has 1 aromatic carbocycles. The van der Waals surface area contributed by atoms with Gasteiger partial charge in [-0.3, -0.25) is 4.79 Å². The summed E-state index contributed by atoms with van der Waals surface area (Å²) >= 11 is 4.18. The fraction of sp³-hybridized carbons (Fsp3) is 0. The summed E-state index contributed by atoms with van der Waals surface area (Å²) in [6.07, 6.45) is 0.755. The van der Waals surface area contributed by atoms with E-state index in [0.717, 1.165) is 27.7 Å². The molecule has 0 radical (unpaired) electrons. The highest BCUT2D eigenvalue weighted by molar-refractivity contribution is 9.10. The first-order chi connectivity index (χ1) is 6.22. The van der Waals surface area contributed by atoms with E-state index in [1.807, 2.05) is 0 Å². The quantitative estimate of drug-likeness (QED) is 0.715. The molecule has 0 atom stereocenters. The minimum atomic E-state index is -0.252. The highest BCUT2D eigenvalue weighted by Crippen LogP contribution is 2.34. The molecule has 0 N–H and O–H groups in total. The Morgan fingerprint density at radius 1 is 1.46 bits per heavy atom. The maximum atomic E-state index is 13.1.